The van der Waals surface area contributed by atoms with Crippen LogP contribution in [0.4, 0.5) is 4.39 Å². The number of amides is 1. The van der Waals surface area contributed by atoms with Gasteiger partial charge in [0.25, 0.3) is 5.91 Å². The van der Waals surface area contributed by atoms with Gasteiger partial charge in [-0.1, -0.05) is 24.3 Å². The maximum Gasteiger partial charge on any atom is 0.263 e. The van der Waals surface area contributed by atoms with Crippen LogP contribution in [0.1, 0.15) is 20.9 Å². The Bertz CT molecular complexity index is 796. The average molecular weight is 332 g/mol. The molecule has 0 aliphatic carbocycles. The molecule has 0 bridgehead atoms. The van der Waals surface area contributed by atoms with Gasteiger partial charge in [-0.3, -0.25) is 4.79 Å². The molecule has 0 spiro atoms. The minimum absolute atomic E-state index is 0.164. The van der Waals surface area contributed by atoms with Crippen LogP contribution in [0.5, 0.6) is 0 Å². The van der Waals surface area contributed by atoms with Gasteiger partial charge >= 0.3 is 0 Å². The zero-order valence-electron chi connectivity index (χ0n) is 11.8. The highest BCUT2D eigenvalue weighted by atomic mass is 32.1. The Labute approximate surface area is 135 Å². The van der Waals surface area contributed by atoms with Crippen molar-refractivity contribution in [2.45, 2.75) is 13.5 Å². The molecule has 0 unspecified atom stereocenters. The summed E-state index contributed by atoms with van der Waals surface area (Å²) in [5.74, 6) is -0.538. The van der Waals surface area contributed by atoms with E-state index in [0.717, 1.165) is 9.88 Å². The van der Waals surface area contributed by atoms with Gasteiger partial charge in [0, 0.05) is 12.1 Å². The molecule has 1 amide bonds. The number of hydrogen-bond acceptors (Lipinski definition) is 4. The van der Waals surface area contributed by atoms with Gasteiger partial charge in [0.15, 0.2) is 0 Å². The number of aryl methyl sites for hydroxylation is 1. The van der Waals surface area contributed by atoms with E-state index in [1.54, 1.807) is 29.5 Å². The summed E-state index contributed by atoms with van der Waals surface area (Å²) >= 11 is 2.95. The number of thiazole rings is 1. The number of rotatable bonds is 4. The fourth-order valence-electron chi connectivity index (χ4n) is 2.01. The molecule has 0 saturated carbocycles. The van der Waals surface area contributed by atoms with Crippen molar-refractivity contribution < 1.29 is 9.18 Å². The van der Waals surface area contributed by atoms with Gasteiger partial charge in [-0.2, -0.15) is 0 Å². The van der Waals surface area contributed by atoms with Crippen molar-refractivity contribution in [2.24, 2.45) is 0 Å². The lowest BCUT2D eigenvalue weighted by atomic mass is 10.2. The lowest BCUT2D eigenvalue weighted by molar-refractivity contribution is 0.0954. The van der Waals surface area contributed by atoms with E-state index in [9.17, 15) is 9.18 Å². The minimum atomic E-state index is -0.317. The van der Waals surface area contributed by atoms with Crippen molar-refractivity contribution in [3.63, 3.8) is 0 Å². The molecule has 0 radical (unpaired) electrons. The van der Waals surface area contributed by atoms with E-state index in [4.69, 9.17) is 0 Å². The molecule has 22 heavy (non-hydrogen) atoms. The summed E-state index contributed by atoms with van der Waals surface area (Å²) in [6.07, 6.45) is 0. The number of nitrogens with one attached hydrogen (secondary N) is 1. The number of carbonyl (C=O) groups excluding carboxylic acids is 1. The van der Waals surface area contributed by atoms with Crippen LogP contribution in [-0.4, -0.2) is 10.9 Å². The summed E-state index contributed by atoms with van der Waals surface area (Å²) in [5, 5.41) is 5.56. The van der Waals surface area contributed by atoms with Crippen molar-refractivity contribution >= 4 is 28.6 Å². The summed E-state index contributed by atoms with van der Waals surface area (Å²) in [7, 11) is 0. The lowest BCUT2D eigenvalue weighted by Crippen LogP contribution is -2.23. The summed E-state index contributed by atoms with van der Waals surface area (Å²) in [6, 6.07) is 10.3. The fourth-order valence-corrected chi connectivity index (χ4v) is 3.79. The normalized spacial score (nSPS) is 10.6. The molecule has 112 valence electrons. The van der Waals surface area contributed by atoms with Crippen LogP contribution in [0.3, 0.4) is 0 Å². The summed E-state index contributed by atoms with van der Waals surface area (Å²) in [6.45, 7) is 1.98. The smallest absolute Gasteiger partial charge is 0.263 e. The predicted octanol–water partition coefficient (Wildman–Crippen LogP) is 4.25. The number of thiophene rings is 1. The predicted molar refractivity (Wildman–Crippen MR) is 87.7 cm³/mol. The van der Waals surface area contributed by atoms with Crippen molar-refractivity contribution in [1.82, 2.24) is 10.3 Å². The molecule has 1 N–H and O–H groups in total. The first-order valence-electron chi connectivity index (χ1n) is 6.68. The number of aromatic nitrogens is 1. The molecule has 0 fully saturated rings. The van der Waals surface area contributed by atoms with Crippen molar-refractivity contribution in [2.75, 3.05) is 0 Å². The summed E-state index contributed by atoms with van der Waals surface area (Å²) < 4.78 is 13.6. The monoisotopic (exact) mass is 332 g/mol. The molecular formula is C16H13FN2OS2. The molecule has 2 aromatic heterocycles. The SMILES string of the molecule is Cc1nc(-c2cccs2)sc1C(=O)NCc1ccccc1F. The minimum Gasteiger partial charge on any atom is -0.347 e. The lowest BCUT2D eigenvalue weighted by Gasteiger charge is -2.05. The Kier molecular flexibility index (Phi) is 4.31. The van der Waals surface area contributed by atoms with Crippen LogP contribution in [-0.2, 0) is 6.54 Å². The second-order valence-electron chi connectivity index (χ2n) is 4.68. The van der Waals surface area contributed by atoms with Crippen molar-refractivity contribution in [1.29, 1.82) is 0 Å². The molecule has 0 atom stereocenters. The van der Waals surface area contributed by atoms with Crippen LogP contribution >= 0.6 is 22.7 Å². The van der Waals surface area contributed by atoms with Crippen LogP contribution in [0.15, 0.2) is 41.8 Å². The Morgan fingerprint density at radius 1 is 1.27 bits per heavy atom. The quantitative estimate of drug-likeness (QED) is 0.776. The molecule has 3 nitrogen and oxygen atoms in total. The first kappa shape index (κ1) is 14.9. The van der Waals surface area contributed by atoms with E-state index in [0.29, 0.717) is 16.1 Å². The summed E-state index contributed by atoms with van der Waals surface area (Å²) in [5.41, 5.74) is 1.16. The largest absolute Gasteiger partial charge is 0.347 e. The molecule has 2 heterocycles. The first-order valence-corrected chi connectivity index (χ1v) is 8.37. The second kappa shape index (κ2) is 6.37. The van der Waals surface area contributed by atoms with Gasteiger partial charge in [0.05, 0.1) is 10.6 Å². The molecule has 3 aromatic rings. The third kappa shape index (κ3) is 3.08. The number of nitrogens with zero attached hydrogens (tertiary/aromatic N) is 1. The van der Waals surface area contributed by atoms with E-state index in [-0.39, 0.29) is 18.3 Å². The number of halogens is 1. The van der Waals surface area contributed by atoms with Gasteiger partial charge in [0.1, 0.15) is 15.7 Å². The van der Waals surface area contributed by atoms with E-state index in [1.807, 2.05) is 24.4 Å². The highest BCUT2D eigenvalue weighted by Crippen LogP contribution is 2.31. The maximum atomic E-state index is 13.6. The fraction of sp³-hybridized carbons (Fsp3) is 0.125. The zero-order valence-corrected chi connectivity index (χ0v) is 13.4. The van der Waals surface area contributed by atoms with Crippen LogP contribution in [0, 0.1) is 12.7 Å². The topological polar surface area (TPSA) is 42.0 Å². The van der Waals surface area contributed by atoms with Crippen molar-refractivity contribution in [3.05, 3.63) is 63.7 Å². The maximum absolute atomic E-state index is 13.6. The van der Waals surface area contributed by atoms with Gasteiger partial charge < -0.3 is 5.32 Å². The highest BCUT2D eigenvalue weighted by Gasteiger charge is 2.16. The molecule has 0 saturated heterocycles. The number of benzene rings is 1. The van der Waals surface area contributed by atoms with E-state index in [2.05, 4.69) is 10.3 Å². The number of carbonyl (C=O) groups is 1. The van der Waals surface area contributed by atoms with Crippen LogP contribution in [0.2, 0.25) is 0 Å². The van der Waals surface area contributed by atoms with Crippen LogP contribution < -0.4 is 5.32 Å². The van der Waals surface area contributed by atoms with E-state index >= 15 is 0 Å². The second-order valence-corrected chi connectivity index (χ2v) is 6.63. The van der Waals surface area contributed by atoms with Gasteiger partial charge in [-0.25, -0.2) is 9.37 Å². The molecule has 1 aromatic carbocycles. The molecule has 0 aliphatic heterocycles. The highest BCUT2D eigenvalue weighted by molar-refractivity contribution is 7.22. The zero-order chi connectivity index (χ0) is 15.5. The molecular weight excluding hydrogens is 319 g/mol. The third-order valence-electron chi connectivity index (χ3n) is 3.13. The standard InChI is InChI=1S/C16H13FN2OS2/c1-10-14(22-16(19-10)13-7-4-8-21-13)15(20)18-9-11-5-2-3-6-12(11)17/h2-8H,9H2,1H3,(H,18,20). The molecule has 3 rings (SSSR count). The Morgan fingerprint density at radius 2 is 2.09 bits per heavy atom. The third-order valence-corrected chi connectivity index (χ3v) is 5.33. The van der Waals surface area contributed by atoms with E-state index in [1.165, 1.54) is 17.4 Å². The van der Waals surface area contributed by atoms with Gasteiger partial charge in [-0.05, 0) is 24.4 Å². The van der Waals surface area contributed by atoms with Gasteiger partial charge in [0.2, 0.25) is 0 Å². The Balaban J connectivity index is 1.74. The molecule has 0 aliphatic rings. The van der Waals surface area contributed by atoms with E-state index < -0.39 is 0 Å². The first-order chi connectivity index (χ1) is 10.6. The Morgan fingerprint density at radius 3 is 2.82 bits per heavy atom. The van der Waals surface area contributed by atoms with Gasteiger partial charge in [-0.15, -0.1) is 22.7 Å². The Hall–Kier alpha value is -2.05. The average Bonchev–Trinajstić information content (AvgIpc) is 3.15. The van der Waals surface area contributed by atoms with Crippen LogP contribution in [0.25, 0.3) is 9.88 Å². The van der Waals surface area contributed by atoms with Crippen molar-refractivity contribution in [3.8, 4) is 9.88 Å². The molecule has 6 heteroatoms. The summed E-state index contributed by atoms with van der Waals surface area (Å²) in [4.78, 5) is 18.3. The number of hydrogen-bond donors (Lipinski definition) is 1.